The number of aliphatic hydroxyl groups is 5. The first-order valence-corrected chi connectivity index (χ1v) is 5.30. The van der Waals surface area contributed by atoms with Gasteiger partial charge in [0.15, 0.2) is 0 Å². The summed E-state index contributed by atoms with van der Waals surface area (Å²) in [4.78, 5) is 10.6. The van der Waals surface area contributed by atoms with Gasteiger partial charge in [-0.2, -0.15) is 0 Å². The lowest BCUT2D eigenvalue weighted by atomic mass is 10.1. The lowest BCUT2D eigenvalue weighted by molar-refractivity contribution is -0.227. The van der Waals surface area contributed by atoms with Crippen LogP contribution >= 0.6 is 0 Å². The summed E-state index contributed by atoms with van der Waals surface area (Å²) in [6.45, 7) is -1.85. The van der Waals surface area contributed by atoms with Crippen LogP contribution in [0.3, 0.4) is 0 Å². The average molecular weight is 267 g/mol. The zero-order valence-corrected chi connectivity index (χ0v) is 9.43. The highest BCUT2D eigenvalue weighted by Gasteiger charge is 2.53. The first-order chi connectivity index (χ1) is 8.35. The largest absolute Gasteiger partial charge is 0.480 e. The van der Waals surface area contributed by atoms with Gasteiger partial charge in [-0.3, -0.25) is 10.1 Å². The van der Waals surface area contributed by atoms with Crippen LogP contribution < -0.4 is 5.32 Å². The molecule has 0 aromatic rings. The van der Waals surface area contributed by atoms with Crippen molar-refractivity contribution in [3.63, 3.8) is 0 Å². The molecule has 0 aliphatic carbocycles. The van der Waals surface area contributed by atoms with E-state index in [2.05, 4.69) is 5.32 Å². The molecule has 1 aliphatic rings. The summed E-state index contributed by atoms with van der Waals surface area (Å²) in [5.74, 6) is -3.57. The van der Waals surface area contributed by atoms with Gasteiger partial charge < -0.3 is 35.4 Å². The second-order valence-electron chi connectivity index (χ2n) is 4.07. The minimum Gasteiger partial charge on any atom is -0.480 e. The van der Waals surface area contributed by atoms with Gasteiger partial charge in [-0.1, -0.05) is 0 Å². The van der Waals surface area contributed by atoms with Crippen LogP contribution in [-0.4, -0.2) is 86.5 Å². The maximum atomic E-state index is 10.6. The van der Waals surface area contributed by atoms with Gasteiger partial charge in [0.2, 0.25) is 5.79 Å². The van der Waals surface area contributed by atoms with E-state index >= 15 is 0 Å². The Hall–Kier alpha value is -0.810. The third-order valence-electron chi connectivity index (χ3n) is 2.78. The van der Waals surface area contributed by atoms with Crippen LogP contribution in [0.2, 0.25) is 0 Å². The molecule has 0 saturated carbocycles. The molecule has 5 atom stereocenters. The molecule has 1 rings (SSSR count). The van der Waals surface area contributed by atoms with E-state index in [9.17, 15) is 20.1 Å². The summed E-state index contributed by atoms with van der Waals surface area (Å²) >= 11 is 0. The normalized spacial score (nSPS) is 37.7. The van der Waals surface area contributed by atoms with Gasteiger partial charge in [-0.05, 0) is 0 Å². The van der Waals surface area contributed by atoms with Crippen LogP contribution in [0.1, 0.15) is 0 Å². The highest BCUT2D eigenvalue weighted by Crippen LogP contribution is 2.28. The Morgan fingerprint density at radius 2 is 2.00 bits per heavy atom. The molecule has 1 fully saturated rings. The second kappa shape index (κ2) is 5.89. The van der Waals surface area contributed by atoms with E-state index in [1.54, 1.807) is 0 Å². The lowest BCUT2D eigenvalue weighted by Gasteiger charge is -2.27. The standard InChI is InChI=1S/C9H17NO8/c11-1-4(8(15)16)10-3-9(17)7(14)6(13)5(2-12)18-9/h4-7,10-14,17H,1-3H2,(H,15,16)/t4-,5+,6+,7-,9?/m0/s1. The predicted octanol–water partition coefficient (Wildman–Crippen LogP) is -4.18. The molecule has 1 saturated heterocycles. The van der Waals surface area contributed by atoms with Crippen molar-refractivity contribution in [3.8, 4) is 0 Å². The molecule has 0 amide bonds. The zero-order chi connectivity index (χ0) is 13.9. The first kappa shape index (κ1) is 15.2. The number of hydrogen-bond acceptors (Lipinski definition) is 8. The molecule has 7 N–H and O–H groups in total. The van der Waals surface area contributed by atoms with Crippen LogP contribution in [0.15, 0.2) is 0 Å². The van der Waals surface area contributed by atoms with Crippen LogP contribution in [0.4, 0.5) is 0 Å². The second-order valence-corrected chi connectivity index (χ2v) is 4.07. The Balaban J connectivity index is 2.63. The number of nitrogens with one attached hydrogen (secondary N) is 1. The Morgan fingerprint density at radius 1 is 1.39 bits per heavy atom. The van der Waals surface area contributed by atoms with Crippen molar-refractivity contribution in [1.82, 2.24) is 5.32 Å². The third kappa shape index (κ3) is 2.95. The Morgan fingerprint density at radius 3 is 2.39 bits per heavy atom. The van der Waals surface area contributed by atoms with Gasteiger partial charge >= 0.3 is 5.97 Å². The SMILES string of the molecule is O=C(O)[C@H](CO)NCC1(O)O[C@H](CO)[C@@H](O)[C@@H]1O. The number of aliphatic carboxylic acids is 1. The van der Waals surface area contributed by atoms with Gasteiger partial charge in [0, 0.05) is 0 Å². The van der Waals surface area contributed by atoms with E-state index in [0.717, 1.165) is 0 Å². The highest BCUT2D eigenvalue weighted by molar-refractivity contribution is 5.73. The van der Waals surface area contributed by atoms with Gasteiger partial charge in [0.05, 0.1) is 19.8 Å². The molecule has 0 bridgehead atoms. The number of aliphatic hydroxyl groups excluding tert-OH is 4. The lowest BCUT2D eigenvalue weighted by Crippen LogP contribution is -2.54. The van der Waals surface area contributed by atoms with Crippen molar-refractivity contribution in [2.45, 2.75) is 30.1 Å². The van der Waals surface area contributed by atoms with Crippen LogP contribution in [0, 0.1) is 0 Å². The number of carboxylic acids is 1. The summed E-state index contributed by atoms with van der Waals surface area (Å²) in [6, 6.07) is -1.34. The van der Waals surface area contributed by atoms with Gasteiger partial charge in [-0.25, -0.2) is 0 Å². The summed E-state index contributed by atoms with van der Waals surface area (Å²) in [6.07, 6.45) is -4.35. The van der Waals surface area contributed by atoms with Crippen molar-refractivity contribution in [2.75, 3.05) is 19.8 Å². The molecule has 106 valence electrons. The fourth-order valence-electron chi connectivity index (χ4n) is 1.66. The highest BCUT2D eigenvalue weighted by atomic mass is 16.7. The van der Waals surface area contributed by atoms with Gasteiger partial charge in [0.25, 0.3) is 0 Å². The predicted molar refractivity (Wildman–Crippen MR) is 55.4 cm³/mol. The Kier molecular flexibility index (Phi) is 4.99. The van der Waals surface area contributed by atoms with Crippen molar-refractivity contribution in [3.05, 3.63) is 0 Å². The summed E-state index contributed by atoms with van der Waals surface area (Å²) in [5, 5.41) is 57.4. The molecule has 0 spiro atoms. The molecular formula is C9H17NO8. The number of rotatable bonds is 6. The van der Waals surface area contributed by atoms with Crippen LogP contribution in [0.5, 0.6) is 0 Å². The molecule has 1 aliphatic heterocycles. The fraction of sp³-hybridized carbons (Fsp3) is 0.889. The maximum absolute atomic E-state index is 10.6. The van der Waals surface area contributed by atoms with Crippen molar-refractivity contribution in [2.24, 2.45) is 0 Å². The zero-order valence-electron chi connectivity index (χ0n) is 9.43. The van der Waals surface area contributed by atoms with Gasteiger partial charge in [-0.15, -0.1) is 0 Å². The fourth-order valence-corrected chi connectivity index (χ4v) is 1.66. The molecule has 18 heavy (non-hydrogen) atoms. The van der Waals surface area contributed by atoms with Crippen molar-refractivity contribution >= 4 is 5.97 Å². The van der Waals surface area contributed by atoms with E-state index in [4.69, 9.17) is 20.1 Å². The summed E-state index contributed by atoms with van der Waals surface area (Å²) in [5.41, 5.74) is 0. The third-order valence-corrected chi connectivity index (χ3v) is 2.78. The van der Waals surface area contributed by atoms with E-state index in [1.165, 1.54) is 0 Å². The molecule has 9 nitrogen and oxygen atoms in total. The molecule has 1 unspecified atom stereocenters. The van der Waals surface area contributed by atoms with Crippen molar-refractivity contribution < 1.29 is 40.2 Å². The number of ether oxygens (including phenoxy) is 1. The van der Waals surface area contributed by atoms with E-state index in [1.807, 2.05) is 0 Å². The Labute approximate surface area is 102 Å². The molecule has 0 radical (unpaired) electrons. The summed E-state index contributed by atoms with van der Waals surface area (Å²) < 4.78 is 4.87. The molecular weight excluding hydrogens is 250 g/mol. The smallest absolute Gasteiger partial charge is 0.323 e. The summed E-state index contributed by atoms with van der Waals surface area (Å²) in [7, 11) is 0. The Bertz CT molecular complexity index is 300. The molecule has 0 aromatic heterocycles. The minimum absolute atomic E-state index is 0.529. The van der Waals surface area contributed by atoms with Gasteiger partial charge in [0.1, 0.15) is 24.4 Å². The number of hydrogen-bond donors (Lipinski definition) is 7. The van der Waals surface area contributed by atoms with E-state index < -0.39 is 55.9 Å². The molecule has 0 aromatic carbocycles. The topological polar surface area (TPSA) is 160 Å². The van der Waals surface area contributed by atoms with Crippen LogP contribution in [0.25, 0.3) is 0 Å². The minimum atomic E-state index is -2.23. The number of carboxylic acid groups (broad SMARTS) is 1. The van der Waals surface area contributed by atoms with Crippen LogP contribution in [-0.2, 0) is 9.53 Å². The molecule has 1 heterocycles. The van der Waals surface area contributed by atoms with E-state index in [-0.39, 0.29) is 0 Å². The quantitative estimate of drug-likeness (QED) is 0.253. The average Bonchev–Trinajstić information content (AvgIpc) is 2.54. The maximum Gasteiger partial charge on any atom is 0.323 e. The monoisotopic (exact) mass is 267 g/mol. The van der Waals surface area contributed by atoms with Crippen molar-refractivity contribution in [1.29, 1.82) is 0 Å². The number of carbonyl (C=O) groups is 1. The van der Waals surface area contributed by atoms with E-state index in [0.29, 0.717) is 0 Å². The first-order valence-electron chi connectivity index (χ1n) is 5.30. The molecule has 9 heteroatoms.